The van der Waals surface area contributed by atoms with Gasteiger partial charge < -0.3 is 24.8 Å². The average molecular weight is 399 g/mol. The minimum absolute atomic E-state index is 0.302. The number of carbonyl (C=O) groups excluding carboxylic acids is 1. The van der Waals surface area contributed by atoms with Crippen LogP contribution in [0.25, 0.3) is 0 Å². The molecule has 0 bridgehead atoms. The second kappa shape index (κ2) is 9.06. The summed E-state index contributed by atoms with van der Waals surface area (Å²) in [6, 6.07) is 6.98. The zero-order chi connectivity index (χ0) is 20.1. The van der Waals surface area contributed by atoms with Crippen LogP contribution in [0.15, 0.2) is 24.3 Å². The number of aromatic nitrogens is 2. The fraction of sp³-hybridized carbons (Fsp3) is 0.450. The number of ether oxygens (including phenoxy) is 3. The number of morpholine rings is 1. The molecule has 1 aromatic heterocycles. The van der Waals surface area contributed by atoms with E-state index in [9.17, 15) is 4.79 Å². The Morgan fingerprint density at radius 2 is 1.86 bits per heavy atom. The van der Waals surface area contributed by atoms with Gasteiger partial charge in [0.1, 0.15) is 30.5 Å². The van der Waals surface area contributed by atoms with Crippen molar-refractivity contribution in [2.75, 3.05) is 63.2 Å². The molecule has 0 spiro atoms. The van der Waals surface area contributed by atoms with Gasteiger partial charge in [0.05, 0.1) is 13.2 Å². The van der Waals surface area contributed by atoms with Crippen LogP contribution >= 0.6 is 0 Å². The lowest BCUT2D eigenvalue weighted by Gasteiger charge is -2.26. The van der Waals surface area contributed by atoms with E-state index in [2.05, 4.69) is 25.5 Å². The second-order valence-electron chi connectivity index (χ2n) is 6.88. The molecule has 1 saturated heterocycles. The van der Waals surface area contributed by atoms with Gasteiger partial charge in [-0.3, -0.25) is 9.69 Å². The van der Waals surface area contributed by atoms with Gasteiger partial charge in [-0.05, 0) is 19.1 Å². The van der Waals surface area contributed by atoms with Crippen LogP contribution in [-0.4, -0.2) is 73.4 Å². The molecule has 9 nitrogen and oxygen atoms in total. The van der Waals surface area contributed by atoms with Gasteiger partial charge in [-0.1, -0.05) is 0 Å². The molecular formula is C20H25N5O4. The third-order valence-electron chi connectivity index (χ3n) is 4.71. The third-order valence-corrected chi connectivity index (χ3v) is 4.71. The van der Waals surface area contributed by atoms with Crippen molar-refractivity contribution in [1.82, 2.24) is 14.9 Å². The highest BCUT2D eigenvalue weighted by Crippen LogP contribution is 2.32. The van der Waals surface area contributed by atoms with E-state index in [-0.39, 0.29) is 5.91 Å². The quantitative estimate of drug-likeness (QED) is 0.755. The van der Waals surface area contributed by atoms with Crippen LogP contribution in [0, 0.1) is 6.92 Å². The number of amides is 1. The molecule has 2 aromatic rings. The summed E-state index contributed by atoms with van der Waals surface area (Å²) in [7, 11) is 0. The average Bonchev–Trinajstić information content (AvgIpc) is 2.74. The number of aryl methyl sites for hydroxylation is 1. The fourth-order valence-electron chi connectivity index (χ4n) is 3.26. The molecule has 0 aliphatic carbocycles. The second-order valence-corrected chi connectivity index (χ2v) is 6.88. The van der Waals surface area contributed by atoms with E-state index in [4.69, 9.17) is 14.2 Å². The summed E-state index contributed by atoms with van der Waals surface area (Å²) < 4.78 is 16.4. The predicted molar refractivity (Wildman–Crippen MR) is 108 cm³/mol. The molecule has 2 aliphatic heterocycles. The summed E-state index contributed by atoms with van der Waals surface area (Å²) in [5.74, 6) is 2.17. The van der Waals surface area contributed by atoms with Crippen LogP contribution in [0.1, 0.15) is 16.3 Å². The molecule has 2 aliphatic rings. The normalized spacial score (nSPS) is 16.3. The van der Waals surface area contributed by atoms with Crippen LogP contribution in [0.5, 0.6) is 11.5 Å². The number of anilines is 2. The molecular weight excluding hydrogens is 374 g/mol. The third kappa shape index (κ3) is 5.12. The number of rotatable bonds is 6. The smallest absolute Gasteiger partial charge is 0.274 e. The topological polar surface area (TPSA) is 97.8 Å². The fourth-order valence-corrected chi connectivity index (χ4v) is 3.26. The monoisotopic (exact) mass is 399 g/mol. The Balaban J connectivity index is 1.37. The Hall–Kier alpha value is -2.91. The Bertz CT molecular complexity index is 870. The summed E-state index contributed by atoms with van der Waals surface area (Å²) >= 11 is 0. The van der Waals surface area contributed by atoms with E-state index in [1.807, 2.05) is 0 Å². The van der Waals surface area contributed by atoms with Gasteiger partial charge in [0, 0.05) is 44.0 Å². The first-order chi connectivity index (χ1) is 14.2. The number of nitrogens with one attached hydrogen (secondary N) is 2. The number of fused-ring (bicyclic) bond motifs is 1. The summed E-state index contributed by atoms with van der Waals surface area (Å²) in [6.45, 7) is 7.85. The lowest BCUT2D eigenvalue weighted by atomic mass is 10.2. The van der Waals surface area contributed by atoms with Crippen molar-refractivity contribution in [3.8, 4) is 11.5 Å². The lowest BCUT2D eigenvalue weighted by molar-refractivity contribution is 0.0398. The molecule has 1 amide bonds. The van der Waals surface area contributed by atoms with Crippen LogP contribution in [-0.2, 0) is 4.74 Å². The highest BCUT2D eigenvalue weighted by Gasteiger charge is 2.15. The standard InChI is InChI=1S/C20H25N5O4/c1-14-22-16(13-19(23-14)21-4-5-25-6-8-27-9-7-25)20(26)24-15-2-3-17-18(12-15)29-11-10-28-17/h2-3,12-13H,4-11H2,1H3,(H,24,26)(H,21,22,23). The minimum atomic E-state index is -0.302. The molecule has 0 unspecified atom stereocenters. The first-order valence-electron chi connectivity index (χ1n) is 9.78. The SMILES string of the molecule is Cc1nc(NCCN2CCOCC2)cc(C(=O)Nc2ccc3c(c2)OCCO3)n1. The van der Waals surface area contributed by atoms with E-state index in [1.165, 1.54) is 0 Å². The molecule has 0 atom stereocenters. The first kappa shape index (κ1) is 19.4. The lowest BCUT2D eigenvalue weighted by Crippen LogP contribution is -2.39. The number of nitrogens with zero attached hydrogens (tertiary/aromatic N) is 3. The predicted octanol–water partition coefficient (Wildman–Crippen LogP) is 1.55. The van der Waals surface area contributed by atoms with Crippen LogP contribution in [0.4, 0.5) is 11.5 Å². The Morgan fingerprint density at radius 3 is 2.69 bits per heavy atom. The maximum Gasteiger partial charge on any atom is 0.274 e. The molecule has 154 valence electrons. The van der Waals surface area contributed by atoms with Gasteiger partial charge in [-0.2, -0.15) is 0 Å². The van der Waals surface area contributed by atoms with Gasteiger partial charge in [0.25, 0.3) is 5.91 Å². The highest BCUT2D eigenvalue weighted by molar-refractivity contribution is 6.03. The van der Waals surface area contributed by atoms with Crippen molar-refractivity contribution in [2.45, 2.75) is 6.92 Å². The van der Waals surface area contributed by atoms with Crippen molar-refractivity contribution in [3.63, 3.8) is 0 Å². The van der Waals surface area contributed by atoms with Crippen molar-refractivity contribution in [1.29, 1.82) is 0 Å². The Kier molecular flexibility index (Phi) is 6.06. The van der Waals surface area contributed by atoms with Crippen LogP contribution in [0.3, 0.4) is 0 Å². The van der Waals surface area contributed by atoms with E-state index < -0.39 is 0 Å². The maximum absolute atomic E-state index is 12.7. The van der Waals surface area contributed by atoms with Crippen molar-refractivity contribution < 1.29 is 19.0 Å². The number of benzene rings is 1. The molecule has 3 heterocycles. The Labute approximate surface area is 169 Å². The van der Waals surface area contributed by atoms with Gasteiger partial charge >= 0.3 is 0 Å². The molecule has 2 N–H and O–H groups in total. The molecule has 1 fully saturated rings. The van der Waals surface area contributed by atoms with Gasteiger partial charge in [0.15, 0.2) is 11.5 Å². The van der Waals surface area contributed by atoms with Crippen molar-refractivity contribution in [3.05, 3.63) is 35.8 Å². The zero-order valence-corrected chi connectivity index (χ0v) is 16.4. The zero-order valence-electron chi connectivity index (χ0n) is 16.4. The molecule has 0 saturated carbocycles. The molecule has 9 heteroatoms. The highest BCUT2D eigenvalue weighted by atomic mass is 16.6. The van der Waals surface area contributed by atoms with Crippen molar-refractivity contribution in [2.24, 2.45) is 0 Å². The number of hydrogen-bond acceptors (Lipinski definition) is 8. The molecule has 0 radical (unpaired) electrons. The van der Waals surface area contributed by atoms with Crippen LogP contribution < -0.4 is 20.1 Å². The van der Waals surface area contributed by atoms with E-state index in [1.54, 1.807) is 31.2 Å². The van der Waals surface area contributed by atoms with E-state index >= 15 is 0 Å². The molecule has 29 heavy (non-hydrogen) atoms. The summed E-state index contributed by atoms with van der Waals surface area (Å²) in [6.07, 6.45) is 0. The summed E-state index contributed by atoms with van der Waals surface area (Å²) in [5.41, 5.74) is 0.929. The Morgan fingerprint density at radius 1 is 1.07 bits per heavy atom. The first-order valence-corrected chi connectivity index (χ1v) is 9.78. The van der Waals surface area contributed by atoms with Crippen molar-refractivity contribution >= 4 is 17.4 Å². The maximum atomic E-state index is 12.7. The minimum Gasteiger partial charge on any atom is -0.486 e. The summed E-state index contributed by atoms with van der Waals surface area (Å²) in [4.78, 5) is 23.7. The molecule has 4 rings (SSSR count). The van der Waals surface area contributed by atoms with E-state index in [0.717, 1.165) is 39.4 Å². The number of hydrogen-bond donors (Lipinski definition) is 2. The largest absolute Gasteiger partial charge is 0.486 e. The van der Waals surface area contributed by atoms with Gasteiger partial charge in [0.2, 0.25) is 0 Å². The number of carbonyl (C=O) groups is 1. The van der Waals surface area contributed by atoms with Gasteiger partial charge in [-0.25, -0.2) is 9.97 Å². The summed E-state index contributed by atoms with van der Waals surface area (Å²) in [5, 5.41) is 6.14. The van der Waals surface area contributed by atoms with Crippen LogP contribution in [0.2, 0.25) is 0 Å². The van der Waals surface area contributed by atoms with Gasteiger partial charge in [-0.15, -0.1) is 0 Å². The van der Waals surface area contributed by atoms with E-state index in [0.29, 0.717) is 47.7 Å². The molecule has 1 aromatic carbocycles.